The predicted octanol–water partition coefficient (Wildman–Crippen LogP) is 2.32. The highest BCUT2D eigenvalue weighted by Gasteiger charge is 2.28. The molecule has 130 valence electrons. The van der Waals surface area contributed by atoms with Crippen LogP contribution >= 0.6 is 0 Å². The van der Waals surface area contributed by atoms with Crippen LogP contribution in [0.5, 0.6) is 0 Å². The van der Waals surface area contributed by atoms with Crippen molar-refractivity contribution >= 4 is 16.8 Å². The van der Waals surface area contributed by atoms with Gasteiger partial charge in [0.1, 0.15) is 0 Å². The molecule has 3 aromatic rings. The lowest BCUT2D eigenvalue weighted by Gasteiger charge is -2.31. The molecule has 1 fully saturated rings. The molecule has 1 aliphatic rings. The number of benzene rings is 1. The van der Waals surface area contributed by atoms with Crippen LogP contribution in [-0.4, -0.2) is 45.3 Å². The van der Waals surface area contributed by atoms with Gasteiger partial charge in [-0.05, 0) is 17.5 Å². The molecule has 0 aliphatic carbocycles. The number of fused-ring (bicyclic) bond motifs is 1. The average molecular weight is 340 g/mol. The van der Waals surface area contributed by atoms with Gasteiger partial charge in [-0.15, -0.1) is 10.2 Å². The largest absolute Gasteiger partial charge is 0.423 e. The third kappa shape index (κ3) is 3.28. The van der Waals surface area contributed by atoms with Crippen molar-refractivity contribution in [3.05, 3.63) is 48.3 Å². The summed E-state index contributed by atoms with van der Waals surface area (Å²) in [4.78, 5) is 14.4. The van der Waals surface area contributed by atoms with Gasteiger partial charge in [-0.2, -0.15) is 0 Å². The van der Waals surface area contributed by atoms with E-state index < -0.39 is 0 Å². The first kappa shape index (κ1) is 15.8. The van der Waals surface area contributed by atoms with E-state index in [1.165, 1.54) is 5.39 Å². The van der Waals surface area contributed by atoms with Crippen molar-refractivity contribution in [2.45, 2.75) is 26.0 Å². The number of amides is 1. The fourth-order valence-electron chi connectivity index (χ4n) is 3.18. The number of morpholine rings is 1. The van der Waals surface area contributed by atoms with Crippen LogP contribution in [0.2, 0.25) is 0 Å². The molecule has 1 saturated heterocycles. The number of carbonyl (C=O) groups excluding carboxylic acids is 1. The van der Waals surface area contributed by atoms with Gasteiger partial charge in [0.25, 0.3) is 0 Å². The van der Waals surface area contributed by atoms with Gasteiger partial charge >= 0.3 is 0 Å². The Labute approximate surface area is 145 Å². The number of aryl methyl sites for hydroxylation is 2. The zero-order valence-corrected chi connectivity index (χ0v) is 14.1. The highest BCUT2D eigenvalue weighted by Crippen LogP contribution is 2.22. The first-order valence-corrected chi connectivity index (χ1v) is 8.44. The predicted molar refractivity (Wildman–Crippen MR) is 90.9 cm³/mol. The van der Waals surface area contributed by atoms with Crippen LogP contribution in [0.25, 0.3) is 10.9 Å². The molecule has 7 nitrogen and oxygen atoms in total. The monoisotopic (exact) mass is 340 g/mol. The van der Waals surface area contributed by atoms with E-state index in [1.54, 1.807) is 6.92 Å². The zero-order valence-electron chi connectivity index (χ0n) is 14.1. The fourth-order valence-corrected chi connectivity index (χ4v) is 3.18. The summed E-state index contributed by atoms with van der Waals surface area (Å²) in [5.41, 5.74) is 1.15. The summed E-state index contributed by atoms with van der Waals surface area (Å²) in [6.07, 6.45) is 2.14. The Morgan fingerprint density at radius 2 is 2.16 bits per heavy atom. The van der Waals surface area contributed by atoms with Crippen LogP contribution in [0.15, 0.2) is 40.9 Å². The molecule has 0 radical (unpaired) electrons. The molecular formula is C18H20N4O3. The van der Waals surface area contributed by atoms with E-state index in [9.17, 15) is 4.79 Å². The lowest BCUT2D eigenvalue weighted by molar-refractivity contribution is -0.140. The third-order valence-corrected chi connectivity index (χ3v) is 4.48. The van der Waals surface area contributed by atoms with Crippen molar-refractivity contribution in [1.82, 2.24) is 19.7 Å². The summed E-state index contributed by atoms with van der Waals surface area (Å²) < 4.78 is 13.2. The minimum Gasteiger partial charge on any atom is -0.423 e. The van der Waals surface area contributed by atoms with Gasteiger partial charge in [0.15, 0.2) is 6.10 Å². The molecule has 1 atom stereocenters. The number of aromatic nitrogens is 3. The van der Waals surface area contributed by atoms with Crippen LogP contribution in [0.4, 0.5) is 0 Å². The van der Waals surface area contributed by atoms with Gasteiger partial charge < -0.3 is 18.6 Å². The molecule has 4 rings (SSSR count). The van der Waals surface area contributed by atoms with Crippen LogP contribution in [0.3, 0.4) is 0 Å². The maximum absolute atomic E-state index is 12.6. The Hall–Kier alpha value is -2.67. The molecule has 3 heterocycles. The summed E-state index contributed by atoms with van der Waals surface area (Å²) in [6.45, 7) is 3.92. The van der Waals surface area contributed by atoms with Crippen molar-refractivity contribution in [2.75, 3.05) is 19.7 Å². The molecule has 25 heavy (non-hydrogen) atoms. The molecule has 0 saturated carbocycles. The first-order valence-electron chi connectivity index (χ1n) is 8.44. The van der Waals surface area contributed by atoms with E-state index in [-0.39, 0.29) is 12.0 Å². The average Bonchev–Trinajstić information content (AvgIpc) is 3.26. The maximum atomic E-state index is 12.6. The van der Waals surface area contributed by atoms with E-state index in [2.05, 4.69) is 33.0 Å². The summed E-state index contributed by atoms with van der Waals surface area (Å²) in [7, 11) is 0. The molecule has 1 aliphatic heterocycles. The molecule has 0 bridgehead atoms. The number of carbonyl (C=O) groups is 1. The van der Waals surface area contributed by atoms with Crippen LogP contribution in [-0.2, 0) is 16.1 Å². The smallest absolute Gasteiger partial charge is 0.246 e. The minimum atomic E-state index is -0.341. The summed E-state index contributed by atoms with van der Waals surface area (Å²) >= 11 is 0. The van der Waals surface area contributed by atoms with E-state index in [0.29, 0.717) is 44.4 Å². The number of nitrogens with zero attached hydrogens (tertiary/aromatic N) is 4. The molecule has 1 aromatic carbocycles. The normalized spacial score (nSPS) is 18.0. The maximum Gasteiger partial charge on any atom is 0.246 e. The fraction of sp³-hybridized carbons (Fsp3) is 0.389. The van der Waals surface area contributed by atoms with Crippen molar-refractivity contribution in [3.8, 4) is 0 Å². The Kier molecular flexibility index (Phi) is 4.23. The summed E-state index contributed by atoms with van der Waals surface area (Å²) in [5, 5.41) is 9.02. The lowest BCUT2D eigenvalue weighted by Crippen LogP contribution is -2.42. The van der Waals surface area contributed by atoms with Crippen molar-refractivity contribution < 1.29 is 13.9 Å². The minimum absolute atomic E-state index is 0.113. The van der Waals surface area contributed by atoms with Gasteiger partial charge in [-0.1, -0.05) is 18.2 Å². The standard InChI is InChI=1S/C18H20N4O3/c1-13-19-20-18(25-13)16-12-22(10-11-24-16)17(23)7-9-21-8-6-14-4-2-3-5-15(14)21/h2-6,8,16H,7,9-12H2,1H3/t16-/m0/s1. The molecular weight excluding hydrogens is 320 g/mol. The number of hydrogen-bond acceptors (Lipinski definition) is 5. The summed E-state index contributed by atoms with van der Waals surface area (Å²) in [6, 6.07) is 10.3. The topological polar surface area (TPSA) is 73.4 Å². The summed E-state index contributed by atoms with van der Waals surface area (Å²) in [5.74, 6) is 1.05. The van der Waals surface area contributed by atoms with Crippen LogP contribution in [0, 0.1) is 6.92 Å². The highest BCUT2D eigenvalue weighted by molar-refractivity contribution is 5.80. The van der Waals surface area contributed by atoms with E-state index >= 15 is 0 Å². The van der Waals surface area contributed by atoms with E-state index in [4.69, 9.17) is 9.15 Å². The molecule has 0 N–H and O–H groups in total. The third-order valence-electron chi connectivity index (χ3n) is 4.48. The Bertz CT molecular complexity index is 885. The second kappa shape index (κ2) is 6.68. The molecule has 7 heteroatoms. The van der Waals surface area contributed by atoms with Gasteiger partial charge in [0.05, 0.1) is 13.2 Å². The quantitative estimate of drug-likeness (QED) is 0.729. The second-order valence-corrected chi connectivity index (χ2v) is 6.18. The molecule has 2 aromatic heterocycles. The van der Waals surface area contributed by atoms with Crippen molar-refractivity contribution in [3.63, 3.8) is 0 Å². The number of hydrogen-bond donors (Lipinski definition) is 0. The van der Waals surface area contributed by atoms with Gasteiger partial charge in [0.2, 0.25) is 17.7 Å². The lowest BCUT2D eigenvalue weighted by atomic mass is 10.2. The second-order valence-electron chi connectivity index (χ2n) is 6.18. The molecule has 0 unspecified atom stereocenters. The number of ether oxygens (including phenoxy) is 1. The van der Waals surface area contributed by atoms with Gasteiger partial charge in [-0.3, -0.25) is 4.79 Å². The number of rotatable bonds is 4. The Morgan fingerprint density at radius 1 is 1.28 bits per heavy atom. The molecule has 0 spiro atoms. The van der Waals surface area contributed by atoms with Gasteiger partial charge in [0, 0.05) is 38.1 Å². The SMILES string of the molecule is Cc1nnc([C@@H]2CN(C(=O)CCn3ccc4ccccc43)CCO2)o1. The van der Waals surface area contributed by atoms with Crippen molar-refractivity contribution in [2.24, 2.45) is 0 Å². The Balaban J connectivity index is 1.39. The van der Waals surface area contributed by atoms with E-state index in [0.717, 1.165) is 5.52 Å². The number of para-hydroxylation sites is 1. The van der Waals surface area contributed by atoms with Crippen molar-refractivity contribution in [1.29, 1.82) is 0 Å². The van der Waals surface area contributed by atoms with E-state index in [1.807, 2.05) is 23.2 Å². The van der Waals surface area contributed by atoms with Crippen LogP contribution in [0.1, 0.15) is 24.3 Å². The molecule has 1 amide bonds. The van der Waals surface area contributed by atoms with Gasteiger partial charge in [-0.25, -0.2) is 0 Å². The zero-order chi connectivity index (χ0) is 17.2. The Morgan fingerprint density at radius 3 is 3.00 bits per heavy atom. The first-order chi connectivity index (χ1) is 12.2. The highest BCUT2D eigenvalue weighted by atomic mass is 16.5. The van der Waals surface area contributed by atoms with Crippen LogP contribution < -0.4 is 0 Å².